The Morgan fingerprint density at radius 2 is 2.18 bits per heavy atom. The summed E-state index contributed by atoms with van der Waals surface area (Å²) in [5.74, 6) is 0. The molecule has 0 atom stereocenters. The first-order chi connectivity index (χ1) is 7.96. The van der Waals surface area contributed by atoms with Crippen LogP contribution in [0.1, 0.15) is 37.9 Å². The fraction of sp³-hybridized carbons (Fsp3) is 0.769. The molecule has 1 heterocycles. The molecule has 0 saturated heterocycles. The largest absolute Gasteiger partial charge is 0.396 e. The number of hydrogen-bond donors (Lipinski definition) is 2. The van der Waals surface area contributed by atoms with Crippen molar-refractivity contribution in [1.82, 2.24) is 15.1 Å². The highest BCUT2D eigenvalue weighted by atomic mass is 16.3. The molecule has 0 bridgehead atoms. The minimum Gasteiger partial charge on any atom is -0.396 e. The predicted octanol–water partition coefficient (Wildman–Crippen LogP) is 1.62. The zero-order chi connectivity index (χ0) is 12.9. The van der Waals surface area contributed by atoms with Crippen molar-refractivity contribution >= 4 is 0 Å². The van der Waals surface area contributed by atoms with Gasteiger partial charge in [-0.3, -0.25) is 4.68 Å². The lowest BCUT2D eigenvalue weighted by molar-refractivity contribution is 0.148. The highest BCUT2D eigenvalue weighted by Crippen LogP contribution is 2.20. The highest BCUT2D eigenvalue weighted by Gasteiger charge is 2.15. The van der Waals surface area contributed by atoms with Gasteiger partial charge in [0.25, 0.3) is 0 Å². The van der Waals surface area contributed by atoms with Crippen molar-refractivity contribution < 1.29 is 5.11 Å². The minimum atomic E-state index is 0.0475. The Bertz CT molecular complexity index is 344. The van der Waals surface area contributed by atoms with E-state index in [9.17, 15) is 0 Å². The van der Waals surface area contributed by atoms with Gasteiger partial charge in [-0.05, 0) is 31.7 Å². The third-order valence-corrected chi connectivity index (χ3v) is 3.29. The summed E-state index contributed by atoms with van der Waals surface area (Å²) in [6, 6.07) is 0. The molecule has 0 spiro atoms. The van der Waals surface area contributed by atoms with Crippen LogP contribution in [0.2, 0.25) is 0 Å². The van der Waals surface area contributed by atoms with Crippen molar-refractivity contribution in [2.75, 3.05) is 13.2 Å². The van der Waals surface area contributed by atoms with Crippen LogP contribution in [0, 0.1) is 12.3 Å². The van der Waals surface area contributed by atoms with Gasteiger partial charge in [-0.15, -0.1) is 0 Å². The summed E-state index contributed by atoms with van der Waals surface area (Å²) in [7, 11) is 1.96. The number of hydrogen-bond acceptors (Lipinski definition) is 3. The van der Waals surface area contributed by atoms with E-state index in [-0.39, 0.29) is 12.0 Å². The molecule has 98 valence electrons. The second kappa shape index (κ2) is 6.17. The zero-order valence-corrected chi connectivity index (χ0v) is 11.5. The van der Waals surface area contributed by atoms with Crippen LogP contribution in [0.15, 0.2) is 6.20 Å². The Morgan fingerprint density at radius 3 is 2.71 bits per heavy atom. The number of aliphatic hydroxyl groups excluding tert-OH is 1. The van der Waals surface area contributed by atoms with Crippen molar-refractivity contribution in [3.05, 3.63) is 17.5 Å². The highest BCUT2D eigenvalue weighted by molar-refractivity contribution is 5.15. The van der Waals surface area contributed by atoms with E-state index in [0.29, 0.717) is 0 Å². The maximum atomic E-state index is 9.14. The number of nitrogens with one attached hydrogen (secondary N) is 1. The molecule has 1 rings (SSSR count). The van der Waals surface area contributed by atoms with Crippen molar-refractivity contribution in [1.29, 1.82) is 0 Å². The van der Waals surface area contributed by atoms with E-state index in [1.54, 1.807) is 0 Å². The topological polar surface area (TPSA) is 50.1 Å². The Labute approximate surface area is 104 Å². The average molecular weight is 239 g/mol. The van der Waals surface area contributed by atoms with Crippen LogP contribution in [0.3, 0.4) is 0 Å². The molecule has 0 aliphatic carbocycles. The molecule has 4 nitrogen and oxygen atoms in total. The molecule has 0 fully saturated rings. The number of rotatable bonds is 7. The van der Waals surface area contributed by atoms with Crippen molar-refractivity contribution in [3.8, 4) is 0 Å². The van der Waals surface area contributed by atoms with Gasteiger partial charge in [0.1, 0.15) is 0 Å². The molecule has 0 radical (unpaired) electrons. The van der Waals surface area contributed by atoms with E-state index in [1.165, 1.54) is 11.3 Å². The monoisotopic (exact) mass is 239 g/mol. The first-order valence-electron chi connectivity index (χ1n) is 6.25. The van der Waals surface area contributed by atoms with Crippen molar-refractivity contribution in [3.63, 3.8) is 0 Å². The summed E-state index contributed by atoms with van der Waals surface area (Å²) in [6.45, 7) is 8.39. The lowest BCUT2D eigenvalue weighted by Crippen LogP contribution is -2.21. The Balaban J connectivity index is 2.19. The fourth-order valence-corrected chi connectivity index (χ4v) is 1.71. The SMILES string of the molecule is Cc1c(CNCCCC(C)(C)CO)cnn1C. The molecule has 2 N–H and O–H groups in total. The van der Waals surface area contributed by atoms with Gasteiger partial charge in [-0.25, -0.2) is 0 Å². The predicted molar refractivity (Wildman–Crippen MR) is 69.8 cm³/mol. The Kier molecular flexibility index (Phi) is 5.15. The maximum Gasteiger partial charge on any atom is 0.0537 e. The Morgan fingerprint density at radius 1 is 1.47 bits per heavy atom. The number of aromatic nitrogens is 2. The van der Waals surface area contributed by atoms with Crippen molar-refractivity contribution in [2.24, 2.45) is 12.5 Å². The van der Waals surface area contributed by atoms with Gasteiger partial charge < -0.3 is 10.4 Å². The van der Waals surface area contributed by atoms with Crippen LogP contribution in [0.25, 0.3) is 0 Å². The summed E-state index contributed by atoms with van der Waals surface area (Å²) in [5.41, 5.74) is 2.52. The molecule has 1 aromatic heterocycles. The van der Waals surface area contributed by atoms with Gasteiger partial charge in [-0.1, -0.05) is 13.8 Å². The second-order valence-electron chi connectivity index (χ2n) is 5.48. The van der Waals surface area contributed by atoms with Crippen LogP contribution in [0.4, 0.5) is 0 Å². The number of aliphatic hydroxyl groups is 1. The van der Waals surface area contributed by atoms with Crippen molar-refractivity contribution in [2.45, 2.75) is 40.2 Å². The molecule has 0 aliphatic heterocycles. The lowest BCUT2D eigenvalue weighted by atomic mass is 9.89. The van der Waals surface area contributed by atoms with E-state index in [0.717, 1.165) is 25.9 Å². The first-order valence-corrected chi connectivity index (χ1v) is 6.25. The molecule has 17 heavy (non-hydrogen) atoms. The molecule has 0 saturated carbocycles. The molecular weight excluding hydrogens is 214 g/mol. The van der Waals surface area contributed by atoms with Gasteiger partial charge in [0.2, 0.25) is 0 Å². The Hall–Kier alpha value is -0.870. The smallest absolute Gasteiger partial charge is 0.0537 e. The average Bonchev–Trinajstić information content (AvgIpc) is 2.60. The standard InChI is InChI=1S/C13H25N3O/c1-11-12(9-15-16(11)4)8-14-7-5-6-13(2,3)10-17/h9,14,17H,5-8,10H2,1-4H3. The van der Waals surface area contributed by atoms with E-state index in [1.807, 2.05) is 17.9 Å². The van der Waals surface area contributed by atoms with E-state index in [4.69, 9.17) is 5.11 Å². The quantitative estimate of drug-likeness (QED) is 0.711. The minimum absolute atomic E-state index is 0.0475. The first kappa shape index (κ1) is 14.2. The molecule has 0 aliphatic rings. The normalized spacial score (nSPS) is 12.1. The molecule has 0 aromatic carbocycles. The summed E-state index contributed by atoms with van der Waals surface area (Å²) in [4.78, 5) is 0. The van der Waals surface area contributed by atoms with Crippen LogP contribution in [-0.2, 0) is 13.6 Å². The van der Waals surface area contributed by atoms with E-state index < -0.39 is 0 Å². The molecule has 0 unspecified atom stereocenters. The van der Waals surface area contributed by atoms with Crippen LogP contribution in [-0.4, -0.2) is 28.0 Å². The molecular formula is C13H25N3O. The number of nitrogens with zero attached hydrogens (tertiary/aromatic N) is 2. The third-order valence-electron chi connectivity index (χ3n) is 3.29. The number of aryl methyl sites for hydroxylation is 1. The van der Waals surface area contributed by atoms with E-state index in [2.05, 4.69) is 31.2 Å². The molecule has 1 aromatic rings. The van der Waals surface area contributed by atoms with Gasteiger partial charge in [-0.2, -0.15) is 5.10 Å². The third kappa shape index (κ3) is 4.48. The van der Waals surface area contributed by atoms with Crippen LogP contribution >= 0.6 is 0 Å². The molecule has 4 heteroatoms. The summed E-state index contributed by atoms with van der Waals surface area (Å²) >= 11 is 0. The van der Waals surface area contributed by atoms with Crippen LogP contribution < -0.4 is 5.32 Å². The molecule has 0 amide bonds. The van der Waals surface area contributed by atoms with Crippen LogP contribution in [0.5, 0.6) is 0 Å². The van der Waals surface area contributed by atoms with E-state index >= 15 is 0 Å². The fourth-order valence-electron chi connectivity index (χ4n) is 1.71. The zero-order valence-electron chi connectivity index (χ0n) is 11.5. The summed E-state index contributed by atoms with van der Waals surface area (Å²) in [5, 5.41) is 16.8. The second-order valence-corrected chi connectivity index (χ2v) is 5.48. The maximum absolute atomic E-state index is 9.14. The van der Waals surface area contributed by atoms with Gasteiger partial charge >= 0.3 is 0 Å². The van der Waals surface area contributed by atoms with Gasteiger partial charge in [0.05, 0.1) is 6.20 Å². The van der Waals surface area contributed by atoms with Gasteiger partial charge in [0.15, 0.2) is 0 Å². The van der Waals surface area contributed by atoms with Gasteiger partial charge in [0, 0.05) is 31.5 Å². The lowest BCUT2D eigenvalue weighted by Gasteiger charge is -2.21. The summed E-state index contributed by atoms with van der Waals surface area (Å²) in [6.07, 6.45) is 4.05. The summed E-state index contributed by atoms with van der Waals surface area (Å²) < 4.78 is 1.89.